The maximum atomic E-state index is 10.1. The molecule has 0 atom stereocenters. The summed E-state index contributed by atoms with van der Waals surface area (Å²) in [6.07, 6.45) is 6.28. The SMILES string of the molecule is CC(C)(O)CCn1cc(-c2cc3nc(-n4ccc(-c5ccccc5)n4)cc(N4CCOCC4)c3o2)cn1. The predicted molar refractivity (Wildman–Crippen MR) is 142 cm³/mol. The van der Waals surface area contributed by atoms with Gasteiger partial charge < -0.3 is 19.2 Å². The molecule has 0 saturated carbocycles. The minimum atomic E-state index is -0.744. The van der Waals surface area contributed by atoms with Crippen LogP contribution in [0.3, 0.4) is 0 Å². The highest BCUT2D eigenvalue weighted by molar-refractivity contribution is 5.91. The zero-order chi connectivity index (χ0) is 25.4. The van der Waals surface area contributed by atoms with Gasteiger partial charge >= 0.3 is 0 Å². The lowest BCUT2D eigenvalue weighted by atomic mass is 10.1. The quantitative estimate of drug-likeness (QED) is 0.352. The van der Waals surface area contributed by atoms with E-state index in [1.165, 1.54) is 0 Å². The number of furan rings is 1. The summed E-state index contributed by atoms with van der Waals surface area (Å²) in [5, 5.41) is 19.3. The number of rotatable bonds is 7. The summed E-state index contributed by atoms with van der Waals surface area (Å²) in [5.41, 5.74) is 4.54. The normalized spacial score (nSPS) is 14.5. The molecule has 1 fully saturated rings. The smallest absolute Gasteiger partial charge is 0.176 e. The van der Waals surface area contributed by atoms with Gasteiger partial charge in [-0.1, -0.05) is 30.3 Å². The first-order valence-electron chi connectivity index (χ1n) is 12.6. The summed E-state index contributed by atoms with van der Waals surface area (Å²) >= 11 is 0. The number of aryl methyl sites for hydroxylation is 1. The van der Waals surface area contributed by atoms with Crippen LogP contribution in [0.2, 0.25) is 0 Å². The summed E-state index contributed by atoms with van der Waals surface area (Å²) in [7, 11) is 0. The molecule has 0 bridgehead atoms. The van der Waals surface area contributed by atoms with E-state index in [4.69, 9.17) is 19.2 Å². The number of anilines is 1. The molecule has 37 heavy (non-hydrogen) atoms. The molecule has 9 nitrogen and oxygen atoms in total. The van der Waals surface area contributed by atoms with Crippen LogP contribution in [-0.4, -0.2) is 61.6 Å². The van der Waals surface area contributed by atoms with E-state index in [-0.39, 0.29) is 0 Å². The second-order valence-electron chi connectivity index (χ2n) is 9.99. The molecule has 0 amide bonds. The van der Waals surface area contributed by atoms with Crippen LogP contribution in [0.4, 0.5) is 5.69 Å². The second-order valence-corrected chi connectivity index (χ2v) is 9.99. The molecule has 4 aromatic heterocycles. The van der Waals surface area contributed by atoms with Crippen molar-refractivity contribution in [2.24, 2.45) is 0 Å². The van der Waals surface area contributed by atoms with Crippen LogP contribution in [0.1, 0.15) is 20.3 Å². The molecule has 190 valence electrons. The van der Waals surface area contributed by atoms with Crippen molar-refractivity contribution >= 4 is 16.8 Å². The van der Waals surface area contributed by atoms with Crippen molar-refractivity contribution in [2.75, 3.05) is 31.2 Å². The number of nitrogens with zero attached hydrogens (tertiary/aromatic N) is 6. The van der Waals surface area contributed by atoms with Crippen LogP contribution in [0.25, 0.3) is 39.5 Å². The van der Waals surface area contributed by atoms with E-state index in [9.17, 15) is 5.11 Å². The molecule has 0 unspecified atom stereocenters. The fraction of sp³-hybridized carbons (Fsp3) is 0.321. The molecule has 1 aliphatic heterocycles. The number of morpholine rings is 1. The average Bonchev–Trinajstić information content (AvgIpc) is 3.67. The number of hydrogen-bond donors (Lipinski definition) is 1. The number of aliphatic hydroxyl groups is 1. The van der Waals surface area contributed by atoms with Gasteiger partial charge in [0.05, 0.1) is 42.0 Å². The second kappa shape index (κ2) is 9.49. The number of benzene rings is 1. The topological polar surface area (TPSA) is 94.4 Å². The van der Waals surface area contributed by atoms with Gasteiger partial charge in [0.25, 0.3) is 0 Å². The van der Waals surface area contributed by atoms with Crippen molar-refractivity contribution in [3.63, 3.8) is 0 Å². The molecular formula is C28H30N6O3. The summed E-state index contributed by atoms with van der Waals surface area (Å²) < 4.78 is 15.6. The van der Waals surface area contributed by atoms with E-state index in [1.807, 2.05) is 70.3 Å². The molecule has 9 heteroatoms. The molecule has 6 rings (SSSR count). The van der Waals surface area contributed by atoms with Gasteiger partial charge in [0.1, 0.15) is 11.3 Å². The Morgan fingerprint density at radius 2 is 1.84 bits per heavy atom. The predicted octanol–water partition coefficient (Wildman–Crippen LogP) is 4.54. The zero-order valence-electron chi connectivity index (χ0n) is 21.0. The lowest BCUT2D eigenvalue weighted by Crippen LogP contribution is -2.36. The third-order valence-electron chi connectivity index (χ3n) is 6.56. The van der Waals surface area contributed by atoms with Gasteiger partial charge in [-0.3, -0.25) is 4.68 Å². The standard InChI is InChI=1S/C28H30N6O3/c1-28(2,35)9-11-33-19-21(18-29-33)25-16-23-27(37-25)24(32-12-14-36-15-13-32)17-26(30-23)34-10-8-22(31-34)20-6-4-3-5-7-20/h3-8,10,16-19,35H,9,11-15H2,1-2H3. The Hall–Kier alpha value is -3.95. The molecular weight excluding hydrogens is 468 g/mol. The molecule has 0 spiro atoms. The monoisotopic (exact) mass is 498 g/mol. The Morgan fingerprint density at radius 1 is 1.03 bits per heavy atom. The first kappa shape index (κ1) is 23.4. The molecule has 5 heterocycles. The van der Waals surface area contributed by atoms with Gasteiger partial charge in [-0.2, -0.15) is 10.2 Å². The number of fused-ring (bicyclic) bond motifs is 1. The van der Waals surface area contributed by atoms with E-state index in [2.05, 4.69) is 10.00 Å². The molecule has 1 aliphatic rings. The van der Waals surface area contributed by atoms with Crippen molar-refractivity contribution in [1.29, 1.82) is 0 Å². The summed E-state index contributed by atoms with van der Waals surface area (Å²) in [6, 6.07) is 16.1. The van der Waals surface area contributed by atoms with E-state index in [0.29, 0.717) is 31.9 Å². The third-order valence-corrected chi connectivity index (χ3v) is 6.56. The Labute approximate surface area is 214 Å². The van der Waals surface area contributed by atoms with Crippen LogP contribution >= 0.6 is 0 Å². The van der Waals surface area contributed by atoms with Crippen molar-refractivity contribution in [3.8, 4) is 28.4 Å². The summed E-state index contributed by atoms with van der Waals surface area (Å²) in [4.78, 5) is 7.19. The number of hydrogen-bond acceptors (Lipinski definition) is 7. The van der Waals surface area contributed by atoms with E-state index < -0.39 is 5.60 Å². The highest BCUT2D eigenvalue weighted by atomic mass is 16.5. The van der Waals surface area contributed by atoms with E-state index in [1.54, 1.807) is 20.0 Å². The largest absolute Gasteiger partial charge is 0.452 e. The maximum absolute atomic E-state index is 10.1. The maximum Gasteiger partial charge on any atom is 0.176 e. The van der Waals surface area contributed by atoms with Crippen molar-refractivity contribution in [3.05, 3.63) is 67.1 Å². The fourth-order valence-electron chi connectivity index (χ4n) is 4.51. The van der Waals surface area contributed by atoms with Crippen molar-refractivity contribution in [2.45, 2.75) is 32.4 Å². The highest BCUT2D eigenvalue weighted by Crippen LogP contribution is 2.35. The van der Waals surface area contributed by atoms with Crippen LogP contribution in [0, 0.1) is 0 Å². The third kappa shape index (κ3) is 5.00. The Bertz CT molecular complexity index is 1510. The molecule has 1 saturated heterocycles. The Kier molecular flexibility index (Phi) is 6.02. The number of pyridine rings is 1. The van der Waals surface area contributed by atoms with Gasteiger partial charge in [-0.15, -0.1) is 0 Å². The van der Waals surface area contributed by atoms with Gasteiger partial charge in [0.15, 0.2) is 11.4 Å². The van der Waals surface area contributed by atoms with Crippen molar-refractivity contribution < 1.29 is 14.3 Å². The van der Waals surface area contributed by atoms with Crippen LogP contribution in [-0.2, 0) is 11.3 Å². The fourth-order valence-corrected chi connectivity index (χ4v) is 4.51. The summed E-state index contributed by atoms with van der Waals surface area (Å²) in [5.74, 6) is 1.43. The minimum Gasteiger partial charge on any atom is -0.452 e. The summed E-state index contributed by atoms with van der Waals surface area (Å²) in [6.45, 7) is 7.11. The number of ether oxygens (including phenoxy) is 1. The highest BCUT2D eigenvalue weighted by Gasteiger charge is 2.21. The molecule has 1 aromatic carbocycles. The van der Waals surface area contributed by atoms with Gasteiger partial charge in [-0.05, 0) is 26.3 Å². The Balaban J connectivity index is 1.38. The van der Waals surface area contributed by atoms with Gasteiger partial charge in [0.2, 0.25) is 0 Å². The molecule has 0 radical (unpaired) electrons. The van der Waals surface area contributed by atoms with Crippen molar-refractivity contribution in [1.82, 2.24) is 24.5 Å². The minimum absolute atomic E-state index is 0.606. The van der Waals surface area contributed by atoms with Crippen LogP contribution in [0.5, 0.6) is 0 Å². The molecule has 0 aliphatic carbocycles. The first-order valence-corrected chi connectivity index (χ1v) is 12.6. The van der Waals surface area contributed by atoms with E-state index >= 15 is 0 Å². The number of aromatic nitrogens is 5. The van der Waals surface area contributed by atoms with Crippen LogP contribution in [0.15, 0.2) is 71.5 Å². The molecule has 1 N–H and O–H groups in total. The lowest BCUT2D eigenvalue weighted by Gasteiger charge is -2.28. The lowest BCUT2D eigenvalue weighted by molar-refractivity contribution is 0.0651. The van der Waals surface area contributed by atoms with Crippen LogP contribution < -0.4 is 4.90 Å². The zero-order valence-corrected chi connectivity index (χ0v) is 21.0. The first-order chi connectivity index (χ1) is 17.9. The van der Waals surface area contributed by atoms with E-state index in [0.717, 1.165) is 52.5 Å². The molecule has 5 aromatic rings. The van der Waals surface area contributed by atoms with Gasteiger partial charge in [-0.25, -0.2) is 9.67 Å². The van der Waals surface area contributed by atoms with Gasteiger partial charge in [0, 0.05) is 49.7 Å². The average molecular weight is 499 g/mol. The Morgan fingerprint density at radius 3 is 2.62 bits per heavy atom.